The molecule has 1 aromatic carbocycles. The molecule has 118 valence electrons. The summed E-state index contributed by atoms with van der Waals surface area (Å²) in [7, 11) is 0. The number of rotatable bonds is 4. The number of benzene rings is 1. The van der Waals surface area contributed by atoms with Crippen molar-refractivity contribution in [2.45, 2.75) is 35.6 Å². The molecule has 0 spiro atoms. The summed E-state index contributed by atoms with van der Waals surface area (Å²) in [6, 6.07) is 10.4. The smallest absolute Gasteiger partial charge is 0.313 e. The molecule has 0 bridgehead atoms. The molecule has 0 saturated carbocycles. The molecule has 1 aliphatic rings. The van der Waals surface area contributed by atoms with Crippen LogP contribution in [0.5, 0.6) is 0 Å². The van der Waals surface area contributed by atoms with E-state index in [0.717, 1.165) is 23.4 Å². The Hall–Kier alpha value is -2.07. The lowest BCUT2D eigenvalue weighted by atomic mass is 9.97. The van der Waals surface area contributed by atoms with E-state index in [1.54, 1.807) is 17.8 Å². The van der Waals surface area contributed by atoms with E-state index in [9.17, 15) is 4.79 Å². The molecule has 0 saturated heterocycles. The fourth-order valence-corrected chi connectivity index (χ4v) is 3.70. The second-order valence-corrected chi connectivity index (χ2v) is 6.61. The lowest BCUT2D eigenvalue weighted by Crippen LogP contribution is -2.13. The highest BCUT2D eigenvalue weighted by molar-refractivity contribution is 7.99. The standard InChI is InChI=1S/C19H19NO2S/c1-3-11-22-19(21)13(2)15-8-9-17-16(12-15)7-6-14-5-4-10-20-18(14)23-17/h3-5,8-10,12-13H,1,6-7,11H2,2H3. The topological polar surface area (TPSA) is 39.2 Å². The number of pyridine rings is 1. The van der Waals surface area contributed by atoms with Gasteiger partial charge in [-0.25, -0.2) is 4.98 Å². The number of hydrogen-bond donors (Lipinski definition) is 0. The third kappa shape index (κ3) is 3.48. The van der Waals surface area contributed by atoms with Gasteiger partial charge in [0.25, 0.3) is 0 Å². The summed E-state index contributed by atoms with van der Waals surface area (Å²) < 4.78 is 5.15. The summed E-state index contributed by atoms with van der Waals surface area (Å²) in [6.07, 6.45) is 5.36. The molecule has 2 aromatic rings. The lowest BCUT2D eigenvalue weighted by molar-refractivity contribution is -0.143. The van der Waals surface area contributed by atoms with Crippen LogP contribution in [-0.2, 0) is 22.4 Å². The highest BCUT2D eigenvalue weighted by Gasteiger charge is 2.20. The van der Waals surface area contributed by atoms with Crippen molar-refractivity contribution in [2.75, 3.05) is 6.61 Å². The Labute approximate surface area is 140 Å². The SMILES string of the molecule is C=CCOC(=O)C(C)c1ccc2c(c1)CCc1cccnc1S2. The Morgan fingerprint density at radius 2 is 2.22 bits per heavy atom. The van der Waals surface area contributed by atoms with Gasteiger partial charge in [0.15, 0.2) is 0 Å². The van der Waals surface area contributed by atoms with E-state index in [2.05, 4.69) is 29.8 Å². The fraction of sp³-hybridized carbons (Fsp3) is 0.263. The van der Waals surface area contributed by atoms with Gasteiger partial charge in [-0.1, -0.05) is 42.6 Å². The first-order valence-corrected chi connectivity index (χ1v) is 8.53. The van der Waals surface area contributed by atoms with Crippen LogP contribution < -0.4 is 0 Å². The average molecular weight is 325 g/mol. The third-order valence-electron chi connectivity index (χ3n) is 4.00. The Balaban J connectivity index is 1.83. The number of esters is 1. The van der Waals surface area contributed by atoms with E-state index in [1.807, 2.05) is 25.3 Å². The largest absolute Gasteiger partial charge is 0.461 e. The monoisotopic (exact) mass is 325 g/mol. The highest BCUT2D eigenvalue weighted by Crippen LogP contribution is 2.36. The number of carbonyl (C=O) groups is 1. The second kappa shape index (κ2) is 7.01. The molecule has 0 N–H and O–H groups in total. The first kappa shape index (κ1) is 15.8. The molecule has 3 rings (SSSR count). The number of nitrogens with zero attached hydrogens (tertiary/aromatic N) is 1. The van der Waals surface area contributed by atoms with Crippen LogP contribution in [0.1, 0.15) is 29.5 Å². The molecular weight excluding hydrogens is 306 g/mol. The van der Waals surface area contributed by atoms with Gasteiger partial charge < -0.3 is 4.74 Å². The van der Waals surface area contributed by atoms with Crippen LogP contribution in [-0.4, -0.2) is 17.6 Å². The number of hydrogen-bond acceptors (Lipinski definition) is 4. The first-order valence-electron chi connectivity index (χ1n) is 7.71. The normalized spacial score (nSPS) is 14.1. The van der Waals surface area contributed by atoms with Crippen molar-refractivity contribution in [3.63, 3.8) is 0 Å². The Morgan fingerprint density at radius 1 is 1.39 bits per heavy atom. The average Bonchev–Trinajstić information content (AvgIpc) is 2.77. The van der Waals surface area contributed by atoms with Gasteiger partial charge >= 0.3 is 5.97 Å². The van der Waals surface area contributed by atoms with Crippen LogP contribution in [0.15, 0.2) is 59.1 Å². The van der Waals surface area contributed by atoms with Gasteiger partial charge in [0.05, 0.1) is 5.92 Å². The van der Waals surface area contributed by atoms with Gasteiger partial charge in [-0.3, -0.25) is 4.79 Å². The Kier molecular flexibility index (Phi) is 4.82. The van der Waals surface area contributed by atoms with Crippen LogP contribution in [0.3, 0.4) is 0 Å². The van der Waals surface area contributed by atoms with E-state index in [-0.39, 0.29) is 18.5 Å². The summed E-state index contributed by atoms with van der Waals surface area (Å²) in [6.45, 7) is 5.70. The zero-order chi connectivity index (χ0) is 16.2. The number of ether oxygens (including phenoxy) is 1. The Bertz CT molecular complexity index is 742. The summed E-state index contributed by atoms with van der Waals surface area (Å²) in [5.41, 5.74) is 3.56. The molecular formula is C19H19NO2S. The van der Waals surface area contributed by atoms with Gasteiger partial charge in [-0.2, -0.15) is 0 Å². The minimum absolute atomic E-state index is 0.212. The van der Waals surface area contributed by atoms with Crippen molar-refractivity contribution >= 4 is 17.7 Å². The highest BCUT2D eigenvalue weighted by atomic mass is 32.2. The van der Waals surface area contributed by atoms with E-state index in [4.69, 9.17) is 4.74 Å². The maximum absolute atomic E-state index is 12.0. The van der Waals surface area contributed by atoms with Gasteiger partial charge in [0, 0.05) is 11.1 Å². The van der Waals surface area contributed by atoms with Crippen LogP contribution in [0.2, 0.25) is 0 Å². The summed E-state index contributed by atoms with van der Waals surface area (Å²) in [5, 5.41) is 1.08. The van der Waals surface area contributed by atoms with Gasteiger partial charge in [0.1, 0.15) is 11.6 Å². The van der Waals surface area contributed by atoms with Gasteiger partial charge in [-0.05, 0) is 48.6 Å². The lowest BCUT2D eigenvalue weighted by Gasteiger charge is -2.13. The van der Waals surface area contributed by atoms with Crippen LogP contribution in [0.25, 0.3) is 0 Å². The molecule has 4 heteroatoms. The van der Waals surface area contributed by atoms with Crippen molar-refractivity contribution in [3.05, 3.63) is 65.9 Å². The molecule has 23 heavy (non-hydrogen) atoms. The number of fused-ring (bicyclic) bond motifs is 2. The molecule has 1 aromatic heterocycles. The first-order chi connectivity index (χ1) is 11.2. The van der Waals surface area contributed by atoms with Crippen molar-refractivity contribution < 1.29 is 9.53 Å². The molecule has 0 amide bonds. The van der Waals surface area contributed by atoms with Crippen molar-refractivity contribution in [1.29, 1.82) is 0 Å². The Morgan fingerprint density at radius 3 is 3.04 bits per heavy atom. The molecule has 3 nitrogen and oxygen atoms in total. The summed E-state index contributed by atoms with van der Waals surface area (Å²) in [4.78, 5) is 17.7. The summed E-state index contributed by atoms with van der Waals surface area (Å²) >= 11 is 1.71. The van der Waals surface area contributed by atoms with Crippen LogP contribution in [0, 0.1) is 0 Å². The molecule has 1 unspecified atom stereocenters. The van der Waals surface area contributed by atoms with Gasteiger partial charge in [0.2, 0.25) is 0 Å². The van der Waals surface area contributed by atoms with E-state index in [1.165, 1.54) is 16.0 Å². The maximum atomic E-state index is 12.0. The predicted molar refractivity (Wildman–Crippen MR) is 91.8 cm³/mol. The molecule has 0 fully saturated rings. The van der Waals surface area contributed by atoms with E-state index < -0.39 is 0 Å². The minimum atomic E-state index is -0.269. The molecule has 1 aliphatic heterocycles. The third-order valence-corrected chi connectivity index (χ3v) is 5.18. The maximum Gasteiger partial charge on any atom is 0.313 e. The van der Waals surface area contributed by atoms with Crippen molar-refractivity contribution in [2.24, 2.45) is 0 Å². The zero-order valence-electron chi connectivity index (χ0n) is 13.1. The number of aromatic nitrogens is 1. The van der Waals surface area contributed by atoms with Crippen LogP contribution in [0.4, 0.5) is 0 Å². The van der Waals surface area contributed by atoms with E-state index in [0.29, 0.717) is 0 Å². The van der Waals surface area contributed by atoms with Crippen LogP contribution >= 0.6 is 11.8 Å². The summed E-state index contributed by atoms with van der Waals surface area (Å²) in [5.74, 6) is -0.481. The van der Waals surface area contributed by atoms with Crippen molar-refractivity contribution in [3.8, 4) is 0 Å². The minimum Gasteiger partial charge on any atom is -0.461 e. The molecule has 1 atom stereocenters. The van der Waals surface area contributed by atoms with Crippen molar-refractivity contribution in [1.82, 2.24) is 4.98 Å². The zero-order valence-corrected chi connectivity index (χ0v) is 13.9. The number of aryl methyl sites for hydroxylation is 2. The molecule has 2 heterocycles. The number of carbonyl (C=O) groups excluding carboxylic acids is 1. The quantitative estimate of drug-likeness (QED) is 0.625. The predicted octanol–water partition coefficient (Wildman–Crippen LogP) is 4.16. The van der Waals surface area contributed by atoms with E-state index >= 15 is 0 Å². The second-order valence-electron chi connectivity index (χ2n) is 5.58. The molecule has 0 aliphatic carbocycles. The fourth-order valence-electron chi connectivity index (χ4n) is 2.65. The molecule has 0 radical (unpaired) electrons. The van der Waals surface area contributed by atoms with Gasteiger partial charge in [-0.15, -0.1) is 0 Å².